The molecule has 8 rings (SSSR count). The smallest absolute Gasteiger partial charge is 0.335 e. The van der Waals surface area contributed by atoms with Crippen molar-refractivity contribution < 1.29 is 38.6 Å². The summed E-state index contributed by atoms with van der Waals surface area (Å²) in [5, 5.41) is 27.9. The molecule has 12 heteroatoms. The van der Waals surface area contributed by atoms with Crippen LogP contribution in [0.2, 0.25) is 0 Å². The van der Waals surface area contributed by atoms with E-state index in [1.807, 2.05) is 0 Å². The quantitative estimate of drug-likeness (QED) is 0.119. The Kier molecular flexibility index (Phi) is 8.63. The molecule has 258 valence electrons. The van der Waals surface area contributed by atoms with Crippen LogP contribution in [0.15, 0.2) is 66.9 Å². The molecule has 11 nitrogen and oxygen atoms in total. The number of carbonyl (C=O) groups excluding carboxylic acids is 3. The first-order valence-electron chi connectivity index (χ1n) is 16.8. The number of carboxylic acids is 2. The maximum atomic E-state index is 14.8. The molecule has 4 aliphatic rings. The van der Waals surface area contributed by atoms with E-state index < -0.39 is 41.5 Å². The Morgan fingerprint density at radius 3 is 2.06 bits per heavy atom. The average Bonchev–Trinajstić information content (AvgIpc) is 3.54. The summed E-state index contributed by atoms with van der Waals surface area (Å²) in [4.78, 5) is 68.0. The van der Waals surface area contributed by atoms with Gasteiger partial charge in [0, 0.05) is 35.8 Å². The van der Waals surface area contributed by atoms with E-state index in [4.69, 9.17) is 0 Å². The van der Waals surface area contributed by atoms with E-state index in [1.165, 1.54) is 37.5 Å². The number of amides is 3. The SMILES string of the molecule is O=C(O)c1cc(NC(=O)C(Cc2ccccc2F)NC(=O)c2cc3cc[nH]c3cc2C(=O)NCC23CC4CC(CC(C4)C2)C3)cc(C(=O)O)c1. The number of hydrogen-bond donors (Lipinski definition) is 6. The Labute approximate surface area is 286 Å². The molecule has 4 fully saturated rings. The third-order valence-electron chi connectivity index (χ3n) is 10.7. The highest BCUT2D eigenvalue weighted by molar-refractivity contribution is 6.11. The van der Waals surface area contributed by atoms with Gasteiger partial charge in [-0.1, -0.05) is 18.2 Å². The molecular weight excluding hydrogens is 643 g/mol. The number of benzene rings is 3. The summed E-state index contributed by atoms with van der Waals surface area (Å²) in [5.41, 5.74) is 0.0733. The van der Waals surface area contributed by atoms with Gasteiger partial charge in [0.05, 0.1) is 22.3 Å². The molecule has 4 bridgehead atoms. The zero-order valence-corrected chi connectivity index (χ0v) is 27.1. The van der Waals surface area contributed by atoms with Crippen LogP contribution < -0.4 is 16.0 Å². The lowest BCUT2D eigenvalue weighted by Crippen LogP contribution is -2.51. The van der Waals surface area contributed by atoms with Crippen molar-refractivity contribution in [2.75, 3.05) is 11.9 Å². The van der Waals surface area contributed by atoms with Gasteiger partial charge in [0.25, 0.3) is 11.8 Å². The van der Waals surface area contributed by atoms with Crippen LogP contribution in [0.25, 0.3) is 10.9 Å². The maximum absolute atomic E-state index is 14.8. The average molecular weight is 681 g/mol. The zero-order chi connectivity index (χ0) is 35.2. The predicted octanol–water partition coefficient (Wildman–Crippen LogP) is 5.63. The van der Waals surface area contributed by atoms with Crippen molar-refractivity contribution in [2.24, 2.45) is 23.2 Å². The lowest BCUT2D eigenvalue weighted by molar-refractivity contribution is -0.118. The number of aromatic amines is 1. The summed E-state index contributed by atoms with van der Waals surface area (Å²) >= 11 is 0. The van der Waals surface area contributed by atoms with Crippen molar-refractivity contribution in [3.8, 4) is 0 Å². The third kappa shape index (κ3) is 6.70. The molecule has 0 radical (unpaired) electrons. The minimum Gasteiger partial charge on any atom is -0.478 e. The molecule has 1 unspecified atom stereocenters. The van der Waals surface area contributed by atoms with Crippen LogP contribution in [0.1, 0.15) is 85.5 Å². The molecule has 3 aromatic carbocycles. The molecule has 6 N–H and O–H groups in total. The first-order chi connectivity index (χ1) is 23.9. The van der Waals surface area contributed by atoms with Crippen molar-refractivity contribution in [1.29, 1.82) is 0 Å². The van der Waals surface area contributed by atoms with Gasteiger partial charge in [-0.2, -0.15) is 0 Å². The van der Waals surface area contributed by atoms with Gasteiger partial charge >= 0.3 is 11.9 Å². The van der Waals surface area contributed by atoms with Gasteiger partial charge < -0.3 is 31.1 Å². The summed E-state index contributed by atoms with van der Waals surface area (Å²) in [7, 11) is 0. The second kappa shape index (κ2) is 13.1. The van der Waals surface area contributed by atoms with Crippen LogP contribution in [0.5, 0.6) is 0 Å². The van der Waals surface area contributed by atoms with Crippen molar-refractivity contribution in [3.63, 3.8) is 0 Å². The van der Waals surface area contributed by atoms with Crippen LogP contribution in [0, 0.1) is 29.0 Å². The normalized spacial score (nSPS) is 22.5. The molecule has 1 atom stereocenters. The van der Waals surface area contributed by atoms with E-state index >= 15 is 0 Å². The molecule has 1 heterocycles. The van der Waals surface area contributed by atoms with Gasteiger partial charge in [-0.25, -0.2) is 14.0 Å². The Bertz CT molecular complexity index is 1970. The largest absolute Gasteiger partial charge is 0.478 e. The number of carboxylic acid groups (broad SMARTS) is 2. The lowest BCUT2D eigenvalue weighted by atomic mass is 9.49. The van der Waals surface area contributed by atoms with Crippen molar-refractivity contribution in [2.45, 2.75) is 51.0 Å². The zero-order valence-electron chi connectivity index (χ0n) is 27.1. The number of aromatic carboxylic acids is 2. The summed E-state index contributed by atoms with van der Waals surface area (Å²) < 4.78 is 14.8. The molecule has 3 amide bonds. The third-order valence-corrected chi connectivity index (χ3v) is 10.7. The highest BCUT2D eigenvalue weighted by Crippen LogP contribution is 2.59. The number of fused-ring (bicyclic) bond motifs is 1. The van der Waals surface area contributed by atoms with Gasteiger partial charge in [-0.3, -0.25) is 14.4 Å². The topological polar surface area (TPSA) is 178 Å². The molecule has 0 saturated heterocycles. The Morgan fingerprint density at radius 1 is 0.820 bits per heavy atom. The fourth-order valence-corrected chi connectivity index (χ4v) is 8.85. The summed E-state index contributed by atoms with van der Waals surface area (Å²) in [6.07, 6.45) is 8.50. The van der Waals surface area contributed by atoms with Crippen LogP contribution in [0.4, 0.5) is 10.1 Å². The summed E-state index contributed by atoms with van der Waals surface area (Å²) in [6.45, 7) is 0.519. The van der Waals surface area contributed by atoms with Crippen molar-refractivity contribution in [1.82, 2.24) is 15.6 Å². The first-order valence-corrected chi connectivity index (χ1v) is 16.8. The summed E-state index contributed by atoms with van der Waals surface area (Å²) in [5.74, 6) is -3.34. The van der Waals surface area contributed by atoms with E-state index in [9.17, 15) is 38.6 Å². The number of anilines is 1. The predicted molar refractivity (Wildman–Crippen MR) is 182 cm³/mol. The monoisotopic (exact) mass is 680 g/mol. The molecule has 4 saturated carbocycles. The number of aromatic nitrogens is 1. The van der Waals surface area contributed by atoms with Gasteiger partial charge in [0.2, 0.25) is 5.91 Å². The Balaban J connectivity index is 1.16. The van der Waals surface area contributed by atoms with E-state index in [2.05, 4.69) is 20.9 Å². The Morgan fingerprint density at radius 2 is 1.44 bits per heavy atom. The second-order valence-corrected chi connectivity index (χ2v) is 14.3. The van der Waals surface area contributed by atoms with Crippen LogP contribution >= 0.6 is 0 Å². The fourth-order valence-electron chi connectivity index (χ4n) is 8.85. The van der Waals surface area contributed by atoms with Gasteiger partial charge in [0.15, 0.2) is 0 Å². The number of nitrogens with one attached hydrogen (secondary N) is 4. The highest BCUT2D eigenvalue weighted by atomic mass is 19.1. The van der Waals surface area contributed by atoms with Crippen LogP contribution in [-0.4, -0.2) is 57.4 Å². The number of carbonyl (C=O) groups is 5. The Hall–Kier alpha value is -5.52. The molecular formula is C38H37FN4O7. The number of halogens is 1. The van der Waals surface area contributed by atoms with Crippen LogP contribution in [0.3, 0.4) is 0 Å². The van der Waals surface area contributed by atoms with E-state index in [1.54, 1.807) is 30.5 Å². The van der Waals surface area contributed by atoms with E-state index in [-0.39, 0.29) is 45.3 Å². The molecule has 4 aliphatic carbocycles. The molecule has 0 spiro atoms. The number of rotatable bonds is 11. The maximum Gasteiger partial charge on any atom is 0.335 e. The fraction of sp³-hybridized carbons (Fsp3) is 0.342. The summed E-state index contributed by atoms with van der Waals surface area (Å²) in [6, 6.07) is 12.4. The van der Waals surface area contributed by atoms with Gasteiger partial charge in [-0.05, 0) is 110 Å². The minimum absolute atomic E-state index is 0.0208. The van der Waals surface area contributed by atoms with Gasteiger partial charge in [0.1, 0.15) is 11.9 Å². The molecule has 4 aromatic rings. The number of H-pyrrole nitrogens is 1. The highest BCUT2D eigenvalue weighted by Gasteiger charge is 2.50. The molecule has 1 aromatic heterocycles. The first kappa shape index (κ1) is 33.0. The molecule has 0 aliphatic heterocycles. The lowest BCUT2D eigenvalue weighted by Gasteiger charge is -2.56. The van der Waals surface area contributed by atoms with Crippen molar-refractivity contribution >= 4 is 46.3 Å². The van der Waals surface area contributed by atoms with E-state index in [0.717, 1.165) is 37.5 Å². The van der Waals surface area contributed by atoms with Crippen LogP contribution in [-0.2, 0) is 11.2 Å². The minimum atomic E-state index is -1.41. The van der Waals surface area contributed by atoms with E-state index in [0.29, 0.717) is 35.2 Å². The van der Waals surface area contributed by atoms with Gasteiger partial charge in [-0.15, -0.1) is 0 Å². The molecule has 50 heavy (non-hydrogen) atoms. The standard InChI is InChI=1S/C38H37FN4O7/c39-30-4-2-1-3-23(30)14-32(35(46)42-27-11-25(36(47)48)10-26(12-27)37(49)50)43-34(45)28-13-24-5-6-40-31(24)15-29(28)33(44)41-19-38-16-20-7-21(17-38)9-22(8-20)18-38/h1-6,10-13,15,20-22,32,40H,7-9,14,16-19H2,(H,41,44)(H,42,46)(H,43,45)(H,47,48)(H,49,50). The number of hydrogen-bond acceptors (Lipinski definition) is 5. The van der Waals surface area contributed by atoms with Crippen molar-refractivity contribution in [3.05, 3.63) is 100 Å². The second-order valence-electron chi connectivity index (χ2n) is 14.3.